The Balaban J connectivity index is 4.13. The monoisotopic (exact) mass is 368 g/mol. The number of halogens is 6. The zero-order chi connectivity index (χ0) is 18.4. The van der Waals surface area contributed by atoms with Crippen molar-refractivity contribution in [2.45, 2.75) is 17.0 Å². The Morgan fingerprint density at radius 3 is 1.74 bits per heavy atom. The zero-order valence-electron chi connectivity index (χ0n) is 10.2. The van der Waals surface area contributed by atoms with Gasteiger partial charge >= 0.3 is 28.0 Å². The number of hydrogen-bond acceptors (Lipinski definition) is 6. The lowest BCUT2D eigenvalue weighted by Gasteiger charge is -2.19. The molecular weight excluding hydrogens is 366 g/mol. The fourth-order valence-corrected chi connectivity index (χ4v) is 2.18. The van der Waals surface area contributed by atoms with Crippen molar-refractivity contribution in [1.82, 2.24) is 0 Å². The Morgan fingerprint density at radius 2 is 1.43 bits per heavy atom. The molecule has 15 heteroatoms. The number of rotatable bonds is 4. The maximum absolute atomic E-state index is 13.4. The van der Waals surface area contributed by atoms with Gasteiger partial charge in [0, 0.05) is 6.07 Å². The van der Waals surface area contributed by atoms with E-state index < -0.39 is 54.0 Å². The Hall–Kier alpha value is -2.45. The fraction of sp³-hybridized carbons (Fsp3) is 0.250. The van der Waals surface area contributed by atoms with E-state index in [1.165, 1.54) is 0 Å². The van der Waals surface area contributed by atoms with Gasteiger partial charge in [0.15, 0.2) is 10.5 Å². The van der Waals surface area contributed by atoms with E-state index >= 15 is 0 Å². The molecule has 0 N–H and O–H groups in total. The number of alkyl halides is 5. The van der Waals surface area contributed by atoms with Crippen LogP contribution in [0.4, 0.5) is 37.2 Å². The highest BCUT2D eigenvalue weighted by atomic mass is 32.3. The second-order valence-corrected chi connectivity index (χ2v) is 5.15. The first-order valence-electron chi connectivity index (χ1n) is 4.97. The van der Waals surface area contributed by atoms with E-state index in [0.717, 1.165) is 0 Å². The Bertz CT molecular complexity index is 789. The van der Waals surface area contributed by atoms with Crippen molar-refractivity contribution in [2.24, 2.45) is 0 Å². The van der Waals surface area contributed by atoms with Gasteiger partial charge in [0.05, 0.1) is 9.85 Å². The van der Waals surface area contributed by atoms with Gasteiger partial charge in [-0.1, -0.05) is 0 Å². The number of nitro groups is 2. The predicted octanol–water partition coefficient (Wildman–Crippen LogP) is 2.82. The molecule has 0 aliphatic carbocycles. The van der Waals surface area contributed by atoms with Crippen LogP contribution in [0.1, 0.15) is 5.56 Å². The molecule has 128 valence electrons. The molecular formula is C8H2F6N2O6S. The molecule has 0 saturated heterocycles. The summed E-state index contributed by atoms with van der Waals surface area (Å²) in [6, 6.07) is -0.351. The summed E-state index contributed by atoms with van der Waals surface area (Å²) in [6.45, 7) is 0. The van der Waals surface area contributed by atoms with Crippen molar-refractivity contribution in [1.29, 1.82) is 0 Å². The van der Waals surface area contributed by atoms with Crippen LogP contribution in [0.3, 0.4) is 0 Å². The van der Waals surface area contributed by atoms with Crippen LogP contribution in [0.2, 0.25) is 0 Å². The Labute approximate surface area is 121 Å². The minimum absolute atomic E-state index is 0.151. The summed E-state index contributed by atoms with van der Waals surface area (Å²) in [5.41, 5.74) is -7.53. The maximum atomic E-state index is 13.4. The largest absolute Gasteiger partial charge is 0.458 e. The van der Waals surface area contributed by atoms with Crippen LogP contribution in [-0.4, -0.2) is 24.4 Å². The normalized spacial score (nSPS) is 13.0. The Kier molecular flexibility index (Phi) is 4.30. The minimum Gasteiger partial charge on any atom is -0.258 e. The van der Waals surface area contributed by atoms with Gasteiger partial charge in [-0.3, -0.25) is 20.2 Å². The summed E-state index contributed by atoms with van der Waals surface area (Å²) < 4.78 is 98.3. The molecule has 0 radical (unpaired) electrons. The fourth-order valence-electron chi connectivity index (χ4n) is 1.54. The van der Waals surface area contributed by atoms with Gasteiger partial charge in [-0.25, -0.2) is 0 Å². The number of hydrogen-bond donors (Lipinski definition) is 0. The first-order valence-corrected chi connectivity index (χ1v) is 6.36. The summed E-state index contributed by atoms with van der Waals surface area (Å²) in [7, 11) is -6.11. The van der Waals surface area contributed by atoms with E-state index in [9.17, 15) is 54.5 Å². The van der Waals surface area contributed by atoms with E-state index in [0.29, 0.717) is 0 Å². The molecule has 0 aliphatic rings. The van der Waals surface area contributed by atoms with Crippen molar-refractivity contribution in [3.8, 4) is 0 Å². The van der Waals surface area contributed by atoms with Crippen LogP contribution in [0.25, 0.3) is 0 Å². The van der Waals surface area contributed by atoms with Crippen LogP contribution in [0.15, 0.2) is 17.0 Å². The van der Waals surface area contributed by atoms with Gasteiger partial charge in [-0.15, -0.1) is 3.89 Å². The van der Waals surface area contributed by atoms with Crippen LogP contribution in [-0.2, 0) is 16.1 Å². The van der Waals surface area contributed by atoms with Gasteiger partial charge < -0.3 is 0 Å². The number of nitro benzene ring substituents is 2. The van der Waals surface area contributed by atoms with Crippen molar-refractivity contribution in [3.05, 3.63) is 37.9 Å². The van der Waals surface area contributed by atoms with Crippen LogP contribution < -0.4 is 0 Å². The molecule has 0 fully saturated rings. The minimum atomic E-state index is -6.54. The molecule has 23 heavy (non-hydrogen) atoms. The molecule has 0 amide bonds. The van der Waals surface area contributed by atoms with Crippen LogP contribution in [0.5, 0.6) is 0 Å². The molecule has 0 heterocycles. The van der Waals surface area contributed by atoms with Crippen LogP contribution >= 0.6 is 0 Å². The molecule has 0 saturated carbocycles. The second-order valence-electron chi connectivity index (χ2n) is 3.83. The highest BCUT2D eigenvalue weighted by Crippen LogP contribution is 2.52. The third kappa shape index (κ3) is 3.17. The molecule has 0 atom stereocenters. The lowest BCUT2D eigenvalue weighted by atomic mass is 10.0. The quantitative estimate of drug-likeness (QED) is 0.349. The topological polar surface area (TPSA) is 120 Å². The standard InChI is InChI=1S/C8H2F6N2O6S/c9-7(10,8(11,12)13)5-3(15(17)18)1-2-4(23(14,21)22)6(5)16(19)20/h1-2H. The number of nitrogens with zero attached hydrogens (tertiary/aromatic N) is 2. The summed E-state index contributed by atoms with van der Waals surface area (Å²) in [4.78, 5) is 15.2. The molecule has 1 aromatic rings. The summed E-state index contributed by atoms with van der Waals surface area (Å²) in [5, 5.41) is 21.3. The van der Waals surface area contributed by atoms with Gasteiger partial charge in [0.2, 0.25) is 0 Å². The highest BCUT2D eigenvalue weighted by Gasteiger charge is 2.65. The zero-order valence-corrected chi connectivity index (χ0v) is 11.0. The van der Waals surface area contributed by atoms with Gasteiger partial charge in [-0.05, 0) is 6.07 Å². The van der Waals surface area contributed by atoms with Gasteiger partial charge in [-0.2, -0.15) is 30.4 Å². The molecule has 0 aromatic heterocycles. The average molecular weight is 368 g/mol. The molecule has 8 nitrogen and oxygen atoms in total. The third-order valence-electron chi connectivity index (χ3n) is 2.43. The first-order chi connectivity index (χ1) is 10.1. The van der Waals surface area contributed by atoms with Crippen molar-refractivity contribution in [3.63, 3.8) is 0 Å². The van der Waals surface area contributed by atoms with Crippen LogP contribution in [0, 0.1) is 20.2 Å². The molecule has 0 unspecified atom stereocenters. The van der Waals surface area contributed by atoms with E-state index in [2.05, 4.69) is 0 Å². The third-order valence-corrected chi connectivity index (χ3v) is 3.29. The highest BCUT2D eigenvalue weighted by molar-refractivity contribution is 7.86. The van der Waals surface area contributed by atoms with E-state index in [1.54, 1.807) is 0 Å². The smallest absolute Gasteiger partial charge is 0.258 e. The summed E-state index contributed by atoms with van der Waals surface area (Å²) in [6.07, 6.45) is -6.54. The molecule has 0 spiro atoms. The number of benzene rings is 1. The maximum Gasteiger partial charge on any atom is 0.458 e. The van der Waals surface area contributed by atoms with Crippen molar-refractivity contribution >= 4 is 21.6 Å². The lowest BCUT2D eigenvalue weighted by Crippen LogP contribution is -2.35. The van der Waals surface area contributed by atoms with E-state index in [-0.39, 0.29) is 12.1 Å². The summed E-state index contributed by atoms with van der Waals surface area (Å²) in [5.74, 6) is -6.18. The van der Waals surface area contributed by atoms with E-state index in [4.69, 9.17) is 0 Å². The first kappa shape index (κ1) is 18.6. The van der Waals surface area contributed by atoms with Crippen molar-refractivity contribution < 1.29 is 44.1 Å². The molecule has 1 rings (SSSR count). The predicted molar refractivity (Wildman–Crippen MR) is 58.0 cm³/mol. The molecule has 0 bridgehead atoms. The van der Waals surface area contributed by atoms with Gasteiger partial charge in [0.1, 0.15) is 0 Å². The SMILES string of the molecule is O=[N+]([O-])c1ccc(S(=O)(=O)F)c([N+](=O)[O-])c1C(F)(F)C(F)(F)F. The van der Waals surface area contributed by atoms with Crippen molar-refractivity contribution in [2.75, 3.05) is 0 Å². The van der Waals surface area contributed by atoms with Gasteiger partial charge in [0.25, 0.3) is 5.69 Å². The average Bonchev–Trinajstić information content (AvgIpc) is 2.34. The summed E-state index contributed by atoms with van der Waals surface area (Å²) >= 11 is 0. The molecule has 1 aromatic carbocycles. The second kappa shape index (κ2) is 5.32. The molecule has 0 aliphatic heterocycles. The lowest BCUT2D eigenvalue weighted by molar-refractivity contribution is -0.404. The van der Waals surface area contributed by atoms with E-state index in [1.807, 2.05) is 0 Å². The Morgan fingerprint density at radius 1 is 0.957 bits per heavy atom.